The van der Waals surface area contributed by atoms with Crippen molar-refractivity contribution in [2.24, 2.45) is 11.7 Å². The predicted octanol–water partition coefficient (Wildman–Crippen LogP) is -4.31. The van der Waals surface area contributed by atoms with Gasteiger partial charge in [0.1, 0.15) is 12.1 Å². The van der Waals surface area contributed by atoms with Crippen LogP contribution in [0.25, 0.3) is 0 Å². The molecule has 3 aliphatic rings. The summed E-state index contributed by atoms with van der Waals surface area (Å²) in [6.45, 7) is 0.0876. The van der Waals surface area contributed by atoms with Crippen LogP contribution in [0.4, 0.5) is 4.79 Å². The third-order valence-electron chi connectivity index (χ3n) is 3.67. The van der Waals surface area contributed by atoms with Gasteiger partial charge in [0, 0.05) is 0 Å². The summed E-state index contributed by atoms with van der Waals surface area (Å²) in [5, 5.41) is 0.537. The van der Waals surface area contributed by atoms with Crippen molar-refractivity contribution < 1.29 is 56.4 Å². The SMILES string of the molecule is NC(=O)[C@@H]1C=C(C2CC2)[C@H]2CN1C(=O)N2OS(=O)(=O)[O-].[Na+]. The molecule has 1 aliphatic carbocycles. The van der Waals surface area contributed by atoms with Gasteiger partial charge in [0.15, 0.2) is 0 Å². The second-order valence-corrected chi connectivity index (χ2v) is 6.01. The van der Waals surface area contributed by atoms with E-state index < -0.39 is 34.4 Å². The maximum atomic E-state index is 12.1. The van der Waals surface area contributed by atoms with Gasteiger partial charge in [0.05, 0.1) is 6.54 Å². The van der Waals surface area contributed by atoms with E-state index in [1.54, 1.807) is 6.08 Å². The van der Waals surface area contributed by atoms with Crippen LogP contribution in [0.1, 0.15) is 12.8 Å². The molecule has 2 N–H and O–H groups in total. The summed E-state index contributed by atoms with van der Waals surface area (Å²) in [4.78, 5) is 24.6. The Hall–Kier alpha value is -0.650. The van der Waals surface area contributed by atoms with Crippen LogP contribution in [-0.2, 0) is 19.5 Å². The van der Waals surface area contributed by atoms with Crippen LogP contribution >= 0.6 is 0 Å². The van der Waals surface area contributed by atoms with Crippen LogP contribution in [-0.4, -0.2) is 53.5 Å². The number of urea groups is 1. The van der Waals surface area contributed by atoms with Gasteiger partial charge in [-0.15, -0.1) is 0 Å². The van der Waals surface area contributed by atoms with Crippen molar-refractivity contribution in [3.05, 3.63) is 11.6 Å². The average molecular weight is 325 g/mol. The Morgan fingerprint density at radius 3 is 2.52 bits per heavy atom. The molecule has 0 unspecified atom stereocenters. The zero-order valence-electron chi connectivity index (χ0n) is 11.3. The van der Waals surface area contributed by atoms with Crippen LogP contribution in [0.2, 0.25) is 0 Å². The molecule has 2 heterocycles. The van der Waals surface area contributed by atoms with Gasteiger partial charge in [-0.2, -0.15) is 9.35 Å². The summed E-state index contributed by atoms with van der Waals surface area (Å²) in [5.74, 6) is -0.530. The molecule has 2 aliphatic heterocycles. The topological polar surface area (TPSA) is 133 Å². The minimum atomic E-state index is -5.06. The van der Waals surface area contributed by atoms with E-state index in [4.69, 9.17) is 5.73 Å². The molecular weight excluding hydrogens is 313 g/mol. The second-order valence-electron chi connectivity index (χ2n) is 5.05. The molecule has 1 saturated carbocycles. The second kappa shape index (κ2) is 5.52. The number of hydrogen-bond donors (Lipinski definition) is 1. The van der Waals surface area contributed by atoms with Crippen molar-refractivity contribution in [1.82, 2.24) is 9.96 Å². The molecule has 21 heavy (non-hydrogen) atoms. The van der Waals surface area contributed by atoms with Crippen molar-refractivity contribution in [1.29, 1.82) is 0 Å². The summed E-state index contributed by atoms with van der Waals surface area (Å²) in [5.41, 5.74) is 5.99. The van der Waals surface area contributed by atoms with Gasteiger partial charge in [-0.3, -0.25) is 4.79 Å². The molecule has 2 atom stereocenters. The quantitative estimate of drug-likeness (QED) is 0.241. The molecule has 110 valence electrons. The molecule has 3 rings (SSSR count). The predicted molar refractivity (Wildman–Crippen MR) is 62.3 cm³/mol. The Kier molecular flexibility index (Phi) is 4.40. The van der Waals surface area contributed by atoms with Gasteiger partial charge in [-0.25, -0.2) is 13.2 Å². The normalized spacial score (nSPS) is 28.2. The van der Waals surface area contributed by atoms with Crippen LogP contribution < -0.4 is 35.3 Å². The summed E-state index contributed by atoms with van der Waals surface area (Å²) < 4.78 is 36.4. The van der Waals surface area contributed by atoms with Crippen molar-refractivity contribution >= 4 is 22.3 Å². The van der Waals surface area contributed by atoms with Crippen molar-refractivity contribution in [3.63, 3.8) is 0 Å². The molecule has 3 amide bonds. The summed E-state index contributed by atoms with van der Waals surface area (Å²) in [7, 11) is -5.06. The Balaban J connectivity index is 0.00000161. The maximum Gasteiger partial charge on any atom is 1.00 e. The number of nitrogens with zero attached hydrogens (tertiary/aromatic N) is 2. The van der Waals surface area contributed by atoms with Crippen molar-refractivity contribution in [2.45, 2.75) is 24.9 Å². The first kappa shape index (κ1) is 16.7. The molecule has 0 spiro atoms. The van der Waals surface area contributed by atoms with Crippen LogP contribution in [0.15, 0.2) is 11.6 Å². The Morgan fingerprint density at radius 2 is 2.05 bits per heavy atom. The number of nitrogens with two attached hydrogens (primary N) is 1. The van der Waals surface area contributed by atoms with Crippen LogP contribution in [0.5, 0.6) is 0 Å². The smallest absolute Gasteiger partial charge is 0.724 e. The number of hydroxylamine groups is 2. The zero-order chi connectivity index (χ0) is 14.7. The third-order valence-corrected chi connectivity index (χ3v) is 4.01. The third kappa shape index (κ3) is 3.10. The van der Waals surface area contributed by atoms with E-state index in [0.29, 0.717) is 5.06 Å². The standard InChI is InChI=1S/C10H13N3O6S.Na/c11-9(14)7-3-6(5-1-2-5)8-4-12(7)10(15)13(8)19-20(16,17)18;/h3,5,7-8H,1-2,4H2,(H2,11,14)(H,16,17,18);/q;+1/p-1/t7-,8+;/m0./s1. The number of hydrogen-bond acceptors (Lipinski definition) is 6. The molecule has 11 heteroatoms. The largest absolute Gasteiger partial charge is 1.00 e. The Morgan fingerprint density at radius 1 is 1.43 bits per heavy atom. The van der Waals surface area contributed by atoms with E-state index in [2.05, 4.69) is 4.28 Å². The fourth-order valence-corrected chi connectivity index (χ4v) is 3.06. The van der Waals surface area contributed by atoms with Gasteiger partial charge < -0.3 is 15.2 Å². The molecule has 0 aromatic heterocycles. The summed E-state index contributed by atoms with van der Waals surface area (Å²) in [6.07, 6.45) is 3.35. The molecule has 2 bridgehead atoms. The van der Waals surface area contributed by atoms with E-state index in [9.17, 15) is 22.6 Å². The molecule has 0 radical (unpaired) electrons. The van der Waals surface area contributed by atoms with E-state index >= 15 is 0 Å². The van der Waals surface area contributed by atoms with E-state index in [1.165, 1.54) is 0 Å². The number of primary amides is 1. The Labute approximate surface area is 143 Å². The minimum Gasteiger partial charge on any atom is -0.724 e. The number of carbonyl (C=O) groups excluding carboxylic acids is 2. The molecule has 2 fully saturated rings. The first-order valence-corrected chi connectivity index (χ1v) is 7.37. The minimum absolute atomic E-state index is 0. The average Bonchev–Trinajstić information content (AvgIpc) is 3.13. The fraction of sp³-hybridized carbons (Fsp3) is 0.600. The van der Waals surface area contributed by atoms with Crippen molar-refractivity contribution in [2.75, 3.05) is 6.54 Å². The van der Waals surface area contributed by atoms with E-state index in [1.807, 2.05) is 0 Å². The molecule has 0 aromatic rings. The monoisotopic (exact) mass is 325 g/mol. The molecule has 1 saturated heterocycles. The van der Waals surface area contributed by atoms with Gasteiger partial charge in [0.2, 0.25) is 16.3 Å². The van der Waals surface area contributed by atoms with Crippen molar-refractivity contribution in [3.8, 4) is 0 Å². The number of carbonyl (C=O) groups is 2. The number of amides is 3. The zero-order valence-corrected chi connectivity index (χ0v) is 14.1. The summed E-state index contributed by atoms with van der Waals surface area (Å²) in [6, 6.07) is -2.43. The van der Waals surface area contributed by atoms with Crippen LogP contribution in [0.3, 0.4) is 0 Å². The molecule has 9 nitrogen and oxygen atoms in total. The van der Waals surface area contributed by atoms with E-state index in [0.717, 1.165) is 23.3 Å². The molecule has 0 aromatic carbocycles. The van der Waals surface area contributed by atoms with Gasteiger partial charge in [-0.1, -0.05) is 6.08 Å². The van der Waals surface area contributed by atoms with Gasteiger partial charge >= 0.3 is 35.6 Å². The number of fused-ring (bicyclic) bond motifs is 2. The summed E-state index contributed by atoms with van der Waals surface area (Å²) >= 11 is 0. The number of rotatable bonds is 4. The van der Waals surface area contributed by atoms with E-state index in [-0.39, 0.29) is 42.0 Å². The van der Waals surface area contributed by atoms with Gasteiger partial charge in [-0.05, 0) is 24.3 Å². The van der Waals surface area contributed by atoms with Gasteiger partial charge in [0.25, 0.3) is 0 Å². The Bertz CT molecular complexity index is 616. The fourth-order valence-electron chi connectivity index (χ4n) is 2.70. The first-order chi connectivity index (χ1) is 9.28. The first-order valence-electron chi connectivity index (χ1n) is 6.04. The molecular formula is C10H12N3NaO6S. The van der Waals surface area contributed by atoms with Crippen LogP contribution in [0, 0.1) is 5.92 Å². The maximum absolute atomic E-state index is 12.1.